The van der Waals surface area contributed by atoms with Crippen molar-refractivity contribution in [2.75, 3.05) is 26.2 Å². The first-order valence-corrected chi connectivity index (χ1v) is 17.1. The normalized spacial score (nSPS) is 20.7. The maximum atomic E-state index is 2.72. The quantitative estimate of drug-likeness (QED) is 0.231. The van der Waals surface area contributed by atoms with Gasteiger partial charge in [0.1, 0.15) is 6.54 Å². The molecule has 0 radical (unpaired) electrons. The number of fused-ring (bicyclic) bond motifs is 1. The van der Waals surface area contributed by atoms with Crippen molar-refractivity contribution in [3.63, 3.8) is 0 Å². The Kier molecular flexibility index (Phi) is 7.17. The van der Waals surface area contributed by atoms with Crippen LogP contribution in [0.1, 0.15) is 12.8 Å². The number of allylic oxidation sites excluding steroid dienone is 2. The van der Waals surface area contributed by atoms with Crippen LogP contribution in [0.2, 0.25) is 0 Å². The first-order chi connectivity index (χ1) is 19.4. The van der Waals surface area contributed by atoms with E-state index in [0.717, 1.165) is 13.1 Å². The van der Waals surface area contributed by atoms with E-state index in [4.69, 9.17) is 0 Å². The highest BCUT2D eigenvalue weighted by Gasteiger charge is 2.44. The summed E-state index contributed by atoms with van der Waals surface area (Å²) in [5, 5.41) is 5.99. The monoisotopic (exact) mass is 545 g/mol. The minimum atomic E-state index is -0.479. The van der Waals surface area contributed by atoms with E-state index in [-0.39, 0.29) is 0 Å². The molecule has 0 aliphatic carbocycles. The van der Waals surface area contributed by atoms with Crippen molar-refractivity contribution in [3.05, 3.63) is 133 Å². The van der Waals surface area contributed by atoms with E-state index in [2.05, 4.69) is 137 Å². The molecule has 2 unspecified atom stereocenters. The standard InChI is InChI=1S/C35H35N2P2/c1-5-13-28(14-6-1)38(29-15-7-2-8-16-29)34-21-23-36-25-26-37-24-22-35(33(37)27-32(34)36)39(30-17-9-3-10-18-30)31-19-11-4-12-20-31/h1-20,27,34-35H,21-26H2/q+1. The Hall–Kier alpha value is -3.05. The third-order valence-electron chi connectivity index (χ3n) is 8.45. The molecule has 194 valence electrons. The van der Waals surface area contributed by atoms with Crippen LogP contribution in [-0.2, 0) is 0 Å². The second-order valence-electron chi connectivity index (χ2n) is 10.7. The zero-order valence-electron chi connectivity index (χ0n) is 22.3. The molecule has 0 bridgehead atoms. The van der Waals surface area contributed by atoms with E-state index in [1.807, 2.05) is 0 Å². The van der Waals surface area contributed by atoms with Crippen LogP contribution in [0.5, 0.6) is 0 Å². The lowest BCUT2D eigenvalue weighted by Crippen LogP contribution is -2.28. The van der Waals surface area contributed by atoms with Crippen LogP contribution < -0.4 is 21.2 Å². The van der Waals surface area contributed by atoms with Gasteiger partial charge in [-0.2, -0.15) is 0 Å². The van der Waals surface area contributed by atoms with Crippen LogP contribution in [-0.4, -0.2) is 52.7 Å². The summed E-state index contributed by atoms with van der Waals surface area (Å²) in [4.78, 5) is 2.72. The topological polar surface area (TPSA) is 6.25 Å². The van der Waals surface area contributed by atoms with Gasteiger partial charge in [-0.05, 0) is 43.5 Å². The SMILES string of the molecule is C1=C2C(P(c3ccccc3)c3ccccc3)CCN2CC[N+]2=C1C(P(c1ccccc1)c1ccccc1)CC2. The zero-order valence-corrected chi connectivity index (χ0v) is 24.1. The molecule has 2 atom stereocenters. The van der Waals surface area contributed by atoms with Crippen molar-refractivity contribution >= 4 is 42.8 Å². The molecule has 39 heavy (non-hydrogen) atoms. The number of rotatable bonds is 6. The molecule has 3 aliphatic heterocycles. The zero-order chi connectivity index (χ0) is 26.0. The van der Waals surface area contributed by atoms with Crippen molar-refractivity contribution in [1.82, 2.24) is 4.90 Å². The van der Waals surface area contributed by atoms with Crippen molar-refractivity contribution in [2.24, 2.45) is 0 Å². The van der Waals surface area contributed by atoms with Crippen LogP contribution in [0.3, 0.4) is 0 Å². The number of nitrogens with zero attached hydrogens (tertiary/aromatic N) is 2. The van der Waals surface area contributed by atoms with E-state index in [9.17, 15) is 0 Å². The van der Waals surface area contributed by atoms with Gasteiger partial charge in [0.25, 0.3) is 0 Å². The highest BCUT2D eigenvalue weighted by molar-refractivity contribution is 7.74. The fraction of sp³-hybridized carbons (Fsp3) is 0.229. The third kappa shape index (κ3) is 4.91. The van der Waals surface area contributed by atoms with Gasteiger partial charge in [-0.1, -0.05) is 121 Å². The molecular weight excluding hydrogens is 510 g/mol. The van der Waals surface area contributed by atoms with E-state index >= 15 is 0 Å². The van der Waals surface area contributed by atoms with Gasteiger partial charge >= 0.3 is 0 Å². The second-order valence-corrected chi connectivity index (χ2v) is 15.5. The Morgan fingerprint density at radius 1 is 0.513 bits per heavy atom. The Bertz CT molecular complexity index is 1390. The third-order valence-corrected chi connectivity index (χ3v) is 14.2. The van der Waals surface area contributed by atoms with E-state index in [1.54, 1.807) is 11.4 Å². The maximum absolute atomic E-state index is 2.72. The van der Waals surface area contributed by atoms with Gasteiger partial charge in [0, 0.05) is 30.4 Å². The summed E-state index contributed by atoms with van der Waals surface area (Å²) in [6.45, 7) is 4.62. The van der Waals surface area contributed by atoms with Crippen molar-refractivity contribution in [1.29, 1.82) is 0 Å². The number of hydrogen-bond acceptors (Lipinski definition) is 1. The summed E-state index contributed by atoms with van der Waals surface area (Å²) in [6, 6.07) is 45.3. The largest absolute Gasteiger partial charge is 0.368 e. The Balaban J connectivity index is 1.32. The van der Waals surface area contributed by atoms with Crippen LogP contribution in [0, 0.1) is 0 Å². The lowest BCUT2D eigenvalue weighted by Gasteiger charge is -2.28. The highest BCUT2D eigenvalue weighted by Crippen LogP contribution is 2.50. The molecule has 3 aliphatic rings. The van der Waals surface area contributed by atoms with Crippen LogP contribution >= 0.6 is 15.8 Å². The smallest absolute Gasteiger partial charge is 0.186 e. The van der Waals surface area contributed by atoms with Gasteiger partial charge in [-0.15, -0.1) is 0 Å². The Labute approximate surface area is 235 Å². The molecule has 1 saturated heterocycles. The summed E-state index contributed by atoms with van der Waals surface area (Å²) in [7, 11) is -0.958. The van der Waals surface area contributed by atoms with E-state index < -0.39 is 15.8 Å². The second kappa shape index (κ2) is 11.2. The molecule has 0 amide bonds. The molecule has 4 heteroatoms. The molecule has 2 nitrogen and oxygen atoms in total. The molecule has 4 aromatic rings. The van der Waals surface area contributed by atoms with Gasteiger partial charge in [0.15, 0.2) is 12.3 Å². The van der Waals surface area contributed by atoms with Crippen molar-refractivity contribution in [2.45, 2.75) is 24.2 Å². The van der Waals surface area contributed by atoms with Crippen molar-refractivity contribution in [3.8, 4) is 0 Å². The first-order valence-electron chi connectivity index (χ1n) is 14.2. The molecule has 1 fully saturated rings. The van der Waals surface area contributed by atoms with E-state index in [1.165, 1.54) is 47.1 Å². The summed E-state index contributed by atoms with van der Waals surface area (Å²) >= 11 is 0. The molecule has 4 aromatic carbocycles. The molecule has 0 saturated carbocycles. The highest BCUT2D eigenvalue weighted by atomic mass is 31.1. The molecular formula is C35H35N2P2+. The molecule has 7 rings (SSSR count). The molecule has 0 N–H and O–H groups in total. The fourth-order valence-corrected chi connectivity index (χ4v) is 12.4. The lowest BCUT2D eigenvalue weighted by molar-refractivity contribution is -0.518. The summed E-state index contributed by atoms with van der Waals surface area (Å²) in [5.74, 6) is 0. The van der Waals surface area contributed by atoms with Gasteiger partial charge in [0.05, 0.1) is 12.2 Å². The average molecular weight is 546 g/mol. The first kappa shape index (κ1) is 25.0. The van der Waals surface area contributed by atoms with Crippen molar-refractivity contribution < 1.29 is 4.58 Å². The van der Waals surface area contributed by atoms with Gasteiger partial charge < -0.3 is 4.90 Å². The fourth-order valence-electron chi connectivity index (χ4n) is 6.68. The molecule has 0 spiro atoms. The Morgan fingerprint density at radius 3 is 1.46 bits per heavy atom. The average Bonchev–Trinajstić information content (AvgIpc) is 3.53. The lowest BCUT2D eigenvalue weighted by atomic mass is 10.2. The van der Waals surface area contributed by atoms with Gasteiger partial charge in [-0.25, -0.2) is 4.58 Å². The molecule has 0 aromatic heterocycles. The predicted molar refractivity (Wildman–Crippen MR) is 170 cm³/mol. The van der Waals surface area contributed by atoms with Crippen LogP contribution in [0.4, 0.5) is 0 Å². The Morgan fingerprint density at radius 2 is 0.974 bits per heavy atom. The maximum Gasteiger partial charge on any atom is 0.186 e. The predicted octanol–water partition coefficient (Wildman–Crippen LogP) is 5.45. The van der Waals surface area contributed by atoms with Crippen LogP contribution in [0.25, 0.3) is 0 Å². The summed E-state index contributed by atoms with van der Waals surface area (Å²) in [6.07, 6.45) is 5.15. The van der Waals surface area contributed by atoms with Crippen LogP contribution in [0.15, 0.2) is 133 Å². The van der Waals surface area contributed by atoms with Gasteiger partial charge in [-0.3, -0.25) is 0 Å². The molecule has 3 heterocycles. The minimum Gasteiger partial charge on any atom is -0.368 e. The summed E-state index contributed by atoms with van der Waals surface area (Å²) in [5.41, 5.74) is 4.29. The van der Waals surface area contributed by atoms with E-state index in [0.29, 0.717) is 11.3 Å². The summed E-state index contributed by atoms with van der Waals surface area (Å²) < 4.78 is 2.72. The number of hydrogen-bond donors (Lipinski definition) is 0. The minimum absolute atomic E-state index is 0.479. The number of benzene rings is 4. The van der Waals surface area contributed by atoms with Gasteiger partial charge in [0.2, 0.25) is 0 Å².